The first-order chi connectivity index (χ1) is 9.61. The highest BCUT2D eigenvalue weighted by Crippen LogP contribution is 2.26. The van der Waals surface area contributed by atoms with Gasteiger partial charge in [-0.3, -0.25) is 0 Å². The fraction of sp³-hybridized carbons (Fsp3) is 0.400. The molecule has 0 aliphatic heterocycles. The molecule has 1 unspecified atom stereocenters. The molecule has 2 rings (SSSR count). The van der Waals surface area contributed by atoms with Crippen molar-refractivity contribution >= 4 is 23.2 Å². The van der Waals surface area contributed by atoms with Crippen LogP contribution in [0.25, 0.3) is 0 Å². The number of nitrogens with zero attached hydrogens (tertiary/aromatic N) is 2. The van der Waals surface area contributed by atoms with Gasteiger partial charge in [0.25, 0.3) is 0 Å². The second-order valence-electron chi connectivity index (χ2n) is 4.85. The predicted octanol–water partition coefficient (Wildman–Crippen LogP) is 4.45. The highest BCUT2D eigenvalue weighted by atomic mass is 35.5. The molecule has 1 atom stereocenters. The molecule has 2 aromatic rings. The van der Waals surface area contributed by atoms with Crippen LogP contribution >= 0.6 is 23.2 Å². The number of nitrogens with one attached hydrogen (secondary N) is 1. The molecule has 108 valence electrons. The summed E-state index contributed by atoms with van der Waals surface area (Å²) in [5.74, 6) is 0. The smallest absolute Gasteiger partial charge is 0.0948 e. The van der Waals surface area contributed by atoms with Crippen molar-refractivity contribution in [2.45, 2.75) is 39.4 Å². The lowest BCUT2D eigenvalue weighted by molar-refractivity contribution is 0.542. The van der Waals surface area contributed by atoms with Crippen molar-refractivity contribution in [3.63, 3.8) is 0 Å². The van der Waals surface area contributed by atoms with Crippen LogP contribution in [0, 0.1) is 0 Å². The van der Waals surface area contributed by atoms with E-state index in [2.05, 4.69) is 28.7 Å². The van der Waals surface area contributed by atoms with Crippen LogP contribution in [-0.4, -0.2) is 9.55 Å². The van der Waals surface area contributed by atoms with Gasteiger partial charge in [-0.15, -0.1) is 0 Å². The summed E-state index contributed by atoms with van der Waals surface area (Å²) in [6, 6.07) is 5.76. The molecule has 20 heavy (non-hydrogen) atoms. The number of halogens is 2. The second-order valence-corrected chi connectivity index (χ2v) is 5.69. The van der Waals surface area contributed by atoms with E-state index in [4.69, 9.17) is 23.2 Å². The molecule has 0 aliphatic rings. The third kappa shape index (κ3) is 3.75. The van der Waals surface area contributed by atoms with Crippen molar-refractivity contribution in [3.8, 4) is 0 Å². The summed E-state index contributed by atoms with van der Waals surface area (Å²) in [5.41, 5.74) is 2.24. The molecule has 0 fully saturated rings. The van der Waals surface area contributed by atoms with E-state index in [0.717, 1.165) is 25.1 Å². The fourth-order valence-corrected chi connectivity index (χ4v) is 2.73. The maximum atomic E-state index is 6.22. The molecule has 0 bridgehead atoms. The van der Waals surface area contributed by atoms with Crippen LogP contribution in [0.5, 0.6) is 0 Å². The third-order valence-electron chi connectivity index (χ3n) is 3.28. The molecule has 0 aliphatic carbocycles. The molecule has 1 heterocycles. The molecule has 5 heteroatoms. The minimum Gasteiger partial charge on any atom is -0.333 e. The van der Waals surface area contributed by atoms with Gasteiger partial charge < -0.3 is 9.88 Å². The normalized spacial score (nSPS) is 12.6. The lowest BCUT2D eigenvalue weighted by atomic mass is 10.1. The van der Waals surface area contributed by atoms with E-state index < -0.39 is 0 Å². The SMILES string of the molecule is CCCn1cncc1CNC(C)c1ccc(Cl)cc1Cl. The number of aromatic nitrogens is 2. The summed E-state index contributed by atoms with van der Waals surface area (Å²) in [6.45, 7) is 6.01. The highest BCUT2D eigenvalue weighted by Gasteiger charge is 2.10. The minimum absolute atomic E-state index is 0.157. The van der Waals surface area contributed by atoms with Crippen LogP contribution in [-0.2, 0) is 13.1 Å². The van der Waals surface area contributed by atoms with E-state index in [9.17, 15) is 0 Å². The Morgan fingerprint density at radius 1 is 1.35 bits per heavy atom. The van der Waals surface area contributed by atoms with Gasteiger partial charge in [-0.05, 0) is 31.0 Å². The standard InChI is InChI=1S/C15H19Cl2N3/c1-3-6-20-10-18-8-13(20)9-19-11(2)14-5-4-12(16)7-15(14)17/h4-5,7-8,10-11,19H,3,6,9H2,1-2H3. The lowest BCUT2D eigenvalue weighted by Gasteiger charge is -2.16. The number of aryl methyl sites for hydroxylation is 1. The van der Waals surface area contributed by atoms with Gasteiger partial charge in [0, 0.05) is 35.4 Å². The number of hydrogen-bond donors (Lipinski definition) is 1. The molecule has 1 N–H and O–H groups in total. The van der Waals surface area contributed by atoms with Gasteiger partial charge in [-0.25, -0.2) is 4.98 Å². The summed E-state index contributed by atoms with van der Waals surface area (Å²) < 4.78 is 2.17. The molecule has 0 radical (unpaired) electrons. The van der Waals surface area contributed by atoms with E-state index in [-0.39, 0.29) is 6.04 Å². The van der Waals surface area contributed by atoms with Crippen molar-refractivity contribution < 1.29 is 0 Å². The van der Waals surface area contributed by atoms with E-state index in [0.29, 0.717) is 10.0 Å². The van der Waals surface area contributed by atoms with Crippen molar-refractivity contribution in [2.24, 2.45) is 0 Å². The molecule has 0 saturated carbocycles. The Balaban J connectivity index is 2.01. The first kappa shape index (κ1) is 15.4. The van der Waals surface area contributed by atoms with Gasteiger partial charge in [0.15, 0.2) is 0 Å². The van der Waals surface area contributed by atoms with Gasteiger partial charge in [-0.1, -0.05) is 36.2 Å². The largest absolute Gasteiger partial charge is 0.333 e. The summed E-state index contributed by atoms with van der Waals surface area (Å²) >= 11 is 12.1. The van der Waals surface area contributed by atoms with Gasteiger partial charge in [-0.2, -0.15) is 0 Å². The molecular weight excluding hydrogens is 293 g/mol. The zero-order valence-electron chi connectivity index (χ0n) is 11.7. The molecule has 0 saturated heterocycles. The Morgan fingerprint density at radius 3 is 2.85 bits per heavy atom. The van der Waals surface area contributed by atoms with Crippen molar-refractivity contribution in [1.82, 2.24) is 14.9 Å². The van der Waals surface area contributed by atoms with Crippen LogP contribution < -0.4 is 5.32 Å². The topological polar surface area (TPSA) is 29.9 Å². The van der Waals surface area contributed by atoms with Gasteiger partial charge in [0.2, 0.25) is 0 Å². The molecule has 1 aromatic heterocycles. The summed E-state index contributed by atoms with van der Waals surface area (Å²) in [6.07, 6.45) is 4.88. The monoisotopic (exact) mass is 311 g/mol. The van der Waals surface area contributed by atoms with Gasteiger partial charge in [0.1, 0.15) is 0 Å². The van der Waals surface area contributed by atoms with Crippen molar-refractivity contribution in [3.05, 3.63) is 52.0 Å². The molecular formula is C15H19Cl2N3. The average molecular weight is 312 g/mol. The Kier molecular flexibility index (Phi) is 5.46. The predicted molar refractivity (Wildman–Crippen MR) is 84.2 cm³/mol. The van der Waals surface area contributed by atoms with E-state index in [1.54, 1.807) is 6.07 Å². The third-order valence-corrected chi connectivity index (χ3v) is 3.84. The molecule has 3 nitrogen and oxygen atoms in total. The van der Waals surface area contributed by atoms with Gasteiger partial charge in [0.05, 0.1) is 12.0 Å². The maximum absolute atomic E-state index is 6.22. The number of imidazole rings is 1. The van der Waals surface area contributed by atoms with E-state index in [1.807, 2.05) is 24.7 Å². The van der Waals surface area contributed by atoms with Crippen LogP contribution in [0.15, 0.2) is 30.7 Å². The molecule has 0 spiro atoms. The highest BCUT2D eigenvalue weighted by molar-refractivity contribution is 6.35. The van der Waals surface area contributed by atoms with Crippen LogP contribution in [0.2, 0.25) is 10.0 Å². The molecule has 1 aromatic carbocycles. The van der Waals surface area contributed by atoms with Crippen molar-refractivity contribution in [2.75, 3.05) is 0 Å². The Hall–Kier alpha value is -1.03. The summed E-state index contributed by atoms with van der Waals surface area (Å²) in [4.78, 5) is 4.20. The number of rotatable bonds is 6. The average Bonchev–Trinajstić information content (AvgIpc) is 2.84. The first-order valence-electron chi connectivity index (χ1n) is 6.79. The number of benzene rings is 1. The van der Waals surface area contributed by atoms with Crippen LogP contribution in [0.1, 0.15) is 37.6 Å². The zero-order chi connectivity index (χ0) is 14.5. The summed E-state index contributed by atoms with van der Waals surface area (Å²) in [5, 5.41) is 4.83. The van der Waals surface area contributed by atoms with Crippen LogP contribution in [0.4, 0.5) is 0 Å². The lowest BCUT2D eigenvalue weighted by Crippen LogP contribution is -2.20. The zero-order valence-corrected chi connectivity index (χ0v) is 13.2. The Bertz CT molecular complexity index is 566. The Labute approximate surface area is 129 Å². The first-order valence-corrected chi connectivity index (χ1v) is 7.54. The minimum atomic E-state index is 0.157. The number of hydrogen-bond acceptors (Lipinski definition) is 2. The second kappa shape index (κ2) is 7.11. The molecule has 0 amide bonds. The quantitative estimate of drug-likeness (QED) is 0.854. The van der Waals surface area contributed by atoms with Crippen molar-refractivity contribution in [1.29, 1.82) is 0 Å². The Morgan fingerprint density at radius 2 is 2.15 bits per heavy atom. The van der Waals surface area contributed by atoms with E-state index >= 15 is 0 Å². The summed E-state index contributed by atoms with van der Waals surface area (Å²) in [7, 11) is 0. The van der Waals surface area contributed by atoms with Gasteiger partial charge >= 0.3 is 0 Å². The van der Waals surface area contributed by atoms with Crippen LogP contribution in [0.3, 0.4) is 0 Å². The maximum Gasteiger partial charge on any atom is 0.0948 e. The fourth-order valence-electron chi connectivity index (χ4n) is 2.16. The van der Waals surface area contributed by atoms with E-state index in [1.165, 1.54) is 5.69 Å².